The molecule has 108 valence electrons. The van der Waals surface area contributed by atoms with Gasteiger partial charge in [0, 0.05) is 5.56 Å². The molecule has 1 heterocycles. The fraction of sp³-hybridized carbons (Fsp3) is 0.429. The molecule has 1 aromatic rings. The molecule has 0 bridgehead atoms. The number of hydrogen-bond donors (Lipinski definition) is 2. The van der Waals surface area contributed by atoms with E-state index < -0.39 is 17.9 Å². The lowest BCUT2D eigenvalue weighted by molar-refractivity contribution is -0.142. The molecule has 0 aliphatic carbocycles. The van der Waals surface area contributed by atoms with E-state index in [-0.39, 0.29) is 25.5 Å². The number of aliphatic carboxylic acids is 1. The van der Waals surface area contributed by atoms with Gasteiger partial charge >= 0.3 is 5.97 Å². The second-order valence-corrected chi connectivity index (χ2v) is 4.64. The lowest BCUT2D eigenvalue weighted by Gasteiger charge is -2.16. The highest BCUT2D eigenvalue weighted by Crippen LogP contribution is 2.18. The molecule has 1 fully saturated rings. The Hall–Kier alpha value is -2.08. The average molecular weight is 279 g/mol. The van der Waals surface area contributed by atoms with Gasteiger partial charge in [-0.3, -0.25) is 9.59 Å². The Balaban J connectivity index is 1.97. The second kappa shape index (κ2) is 6.38. The lowest BCUT2D eigenvalue weighted by Crippen LogP contribution is -2.43. The number of hydrogen-bond acceptors (Lipinski definition) is 4. The SMILES string of the molecule is COc1ccccc1CC(=O)NC1COCC1C(=O)O. The summed E-state index contributed by atoms with van der Waals surface area (Å²) in [5.74, 6) is -1.24. The number of nitrogens with one attached hydrogen (secondary N) is 1. The topological polar surface area (TPSA) is 84.9 Å². The summed E-state index contributed by atoms with van der Waals surface area (Å²) in [5, 5.41) is 11.7. The maximum atomic E-state index is 12.0. The van der Waals surface area contributed by atoms with Gasteiger partial charge in [0.15, 0.2) is 0 Å². The van der Waals surface area contributed by atoms with E-state index in [0.29, 0.717) is 5.75 Å². The summed E-state index contributed by atoms with van der Waals surface area (Å²) < 4.78 is 10.3. The van der Waals surface area contributed by atoms with E-state index in [1.54, 1.807) is 19.2 Å². The van der Waals surface area contributed by atoms with Crippen molar-refractivity contribution >= 4 is 11.9 Å². The van der Waals surface area contributed by atoms with E-state index in [0.717, 1.165) is 5.56 Å². The van der Waals surface area contributed by atoms with Gasteiger partial charge in [-0.1, -0.05) is 18.2 Å². The van der Waals surface area contributed by atoms with Crippen molar-refractivity contribution in [1.82, 2.24) is 5.32 Å². The first-order valence-corrected chi connectivity index (χ1v) is 6.33. The Morgan fingerprint density at radius 3 is 2.85 bits per heavy atom. The highest BCUT2D eigenvalue weighted by molar-refractivity contribution is 5.81. The first-order valence-electron chi connectivity index (χ1n) is 6.33. The Kier molecular flexibility index (Phi) is 4.57. The van der Waals surface area contributed by atoms with E-state index in [9.17, 15) is 9.59 Å². The molecule has 2 rings (SSSR count). The van der Waals surface area contributed by atoms with Crippen LogP contribution in [-0.2, 0) is 20.7 Å². The third-order valence-corrected chi connectivity index (χ3v) is 3.29. The van der Waals surface area contributed by atoms with Gasteiger partial charge in [-0.15, -0.1) is 0 Å². The standard InChI is InChI=1S/C14H17NO5/c1-19-12-5-3-2-4-9(12)6-13(16)15-11-8-20-7-10(11)14(17)18/h2-5,10-11H,6-8H2,1H3,(H,15,16)(H,17,18). The van der Waals surface area contributed by atoms with Crippen LogP contribution < -0.4 is 10.1 Å². The molecule has 0 saturated carbocycles. The zero-order chi connectivity index (χ0) is 14.5. The van der Waals surface area contributed by atoms with Crippen molar-refractivity contribution in [3.63, 3.8) is 0 Å². The number of carbonyl (C=O) groups is 2. The Labute approximate surface area is 116 Å². The fourth-order valence-electron chi connectivity index (χ4n) is 2.22. The normalized spacial score (nSPS) is 21.4. The van der Waals surface area contributed by atoms with E-state index in [1.165, 1.54) is 0 Å². The van der Waals surface area contributed by atoms with Crippen LogP contribution in [0.25, 0.3) is 0 Å². The highest BCUT2D eigenvalue weighted by Gasteiger charge is 2.35. The Morgan fingerprint density at radius 1 is 1.40 bits per heavy atom. The van der Waals surface area contributed by atoms with Gasteiger partial charge in [0.1, 0.15) is 11.7 Å². The van der Waals surface area contributed by atoms with E-state index in [4.69, 9.17) is 14.6 Å². The molecular formula is C14H17NO5. The zero-order valence-corrected chi connectivity index (χ0v) is 11.2. The maximum Gasteiger partial charge on any atom is 0.311 e. The van der Waals surface area contributed by atoms with Crippen LogP contribution in [0, 0.1) is 5.92 Å². The number of rotatable bonds is 5. The molecule has 2 unspecified atom stereocenters. The largest absolute Gasteiger partial charge is 0.496 e. The zero-order valence-electron chi connectivity index (χ0n) is 11.2. The van der Waals surface area contributed by atoms with Crippen molar-refractivity contribution in [2.24, 2.45) is 5.92 Å². The molecular weight excluding hydrogens is 262 g/mol. The van der Waals surface area contributed by atoms with Gasteiger partial charge in [-0.2, -0.15) is 0 Å². The predicted molar refractivity (Wildman–Crippen MR) is 70.6 cm³/mol. The fourth-order valence-corrected chi connectivity index (χ4v) is 2.22. The molecule has 6 nitrogen and oxygen atoms in total. The average Bonchev–Trinajstić information content (AvgIpc) is 2.87. The summed E-state index contributed by atoms with van der Waals surface area (Å²) in [6.07, 6.45) is 0.146. The summed E-state index contributed by atoms with van der Waals surface area (Å²) >= 11 is 0. The van der Waals surface area contributed by atoms with Gasteiger partial charge < -0.3 is 19.9 Å². The number of amides is 1. The molecule has 1 aliphatic rings. The van der Waals surface area contributed by atoms with Gasteiger partial charge in [-0.25, -0.2) is 0 Å². The van der Waals surface area contributed by atoms with Gasteiger partial charge in [0.25, 0.3) is 0 Å². The van der Waals surface area contributed by atoms with Crippen LogP contribution in [0.1, 0.15) is 5.56 Å². The van der Waals surface area contributed by atoms with E-state index >= 15 is 0 Å². The quantitative estimate of drug-likeness (QED) is 0.817. The van der Waals surface area contributed by atoms with Gasteiger partial charge in [0.2, 0.25) is 5.91 Å². The molecule has 6 heteroatoms. The van der Waals surface area contributed by atoms with Crippen molar-refractivity contribution in [2.45, 2.75) is 12.5 Å². The Morgan fingerprint density at radius 2 is 2.15 bits per heavy atom. The molecule has 1 aliphatic heterocycles. The number of carbonyl (C=O) groups excluding carboxylic acids is 1. The summed E-state index contributed by atoms with van der Waals surface area (Å²) in [7, 11) is 1.54. The molecule has 1 saturated heterocycles. The second-order valence-electron chi connectivity index (χ2n) is 4.64. The van der Waals surface area contributed by atoms with Crippen molar-refractivity contribution in [2.75, 3.05) is 20.3 Å². The maximum absolute atomic E-state index is 12.0. The molecule has 2 atom stereocenters. The van der Waals surface area contributed by atoms with Crippen molar-refractivity contribution in [3.05, 3.63) is 29.8 Å². The minimum absolute atomic E-state index is 0.134. The van der Waals surface area contributed by atoms with Crippen LogP contribution >= 0.6 is 0 Å². The molecule has 20 heavy (non-hydrogen) atoms. The molecule has 0 radical (unpaired) electrons. The highest BCUT2D eigenvalue weighted by atomic mass is 16.5. The summed E-state index contributed by atoms with van der Waals surface area (Å²) in [6, 6.07) is 6.75. The van der Waals surface area contributed by atoms with Crippen LogP contribution in [0.3, 0.4) is 0 Å². The molecule has 1 amide bonds. The molecule has 0 aromatic heterocycles. The molecule has 0 spiro atoms. The first kappa shape index (κ1) is 14.3. The number of carboxylic acid groups (broad SMARTS) is 1. The number of para-hydroxylation sites is 1. The summed E-state index contributed by atoms with van der Waals surface area (Å²) in [4.78, 5) is 23.0. The van der Waals surface area contributed by atoms with Gasteiger partial charge in [-0.05, 0) is 6.07 Å². The Bertz CT molecular complexity index is 502. The number of ether oxygens (including phenoxy) is 2. The van der Waals surface area contributed by atoms with Crippen molar-refractivity contribution in [3.8, 4) is 5.75 Å². The van der Waals surface area contributed by atoms with Crippen LogP contribution in [0.15, 0.2) is 24.3 Å². The number of benzene rings is 1. The van der Waals surface area contributed by atoms with Crippen LogP contribution in [0.5, 0.6) is 5.75 Å². The number of methoxy groups -OCH3 is 1. The third kappa shape index (κ3) is 3.27. The molecule has 1 aromatic carbocycles. The van der Waals surface area contributed by atoms with Crippen LogP contribution in [0.4, 0.5) is 0 Å². The smallest absolute Gasteiger partial charge is 0.311 e. The van der Waals surface area contributed by atoms with E-state index in [2.05, 4.69) is 5.32 Å². The van der Waals surface area contributed by atoms with Crippen molar-refractivity contribution in [1.29, 1.82) is 0 Å². The van der Waals surface area contributed by atoms with Crippen LogP contribution in [0.2, 0.25) is 0 Å². The van der Waals surface area contributed by atoms with Crippen molar-refractivity contribution < 1.29 is 24.2 Å². The van der Waals surface area contributed by atoms with E-state index in [1.807, 2.05) is 12.1 Å². The monoisotopic (exact) mass is 279 g/mol. The lowest BCUT2D eigenvalue weighted by atomic mass is 10.0. The summed E-state index contributed by atoms with van der Waals surface area (Å²) in [6.45, 7) is 0.365. The molecule has 2 N–H and O–H groups in total. The summed E-state index contributed by atoms with van der Waals surface area (Å²) in [5.41, 5.74) is 0.762. The predicted octanol–water partition coefficient (Wildman–Crippen LogP) is 0.453. The van der Waals surface area contributed by atoms with Crippen LogP contribution in [-0.4, -0.2) is 43.3 Å². The number of carboxylic acids is 1. The minimum Gasteiger partial charge on any atom is -0.496 e. The minimum atomic E-state index is -0.954. The third-order valence-electron chi connectivity index (χ3n) is 3.29. The first-order chi connectivity index (χ1) is 9.61. The van der Waals surface area contributed by atoms with Gasteiger partial charge in [0.05, 0.1) is 32.8 Å².